The minimum atomic E-state index is -4.71. The summed E-state index contributed by atoms with van der Waals surface area (Å²) in [5, 5.41) is 26.7. The van der Waals surface area contributed by atoms with Gasteiger partial charge in [-0.15, -0.1) is 11.5 Å². The number of carboxylic acid groups (broad SMARTS) is 2. The zero-order valence-electron chi connectivity index (χ0n) is 50.0. The van der Waals surface area contributed by atoms with Gasteiger partial charge in [0.1, 0.15) is 29.7 Å². The third-order valence-corrected chi connectivity index (χ3v) is 15.3. The number of pyridine rings is 1. The zero-order valence-corrected chi connectivity index (χ0v) is 55.7. The van der Waals surface area contributed by atoms with Crippen LogP contribution in [0.3, 0.4) is 0 Å². The molecule has 6 aromatic rings. The number of ether oxygens (including phenoxy) is 5. The van der Waals surface area contributed by atoms with E-state index in [2.05, 4.69) is 69.5 Å². The van der Waals surface area contributed by atoms with Crippen LogP contribution in [-0.2, 0) is 55.6 Å². The molecule has 8 N–H and O–H groups in total. The van der Waals surface area contributed by atoms with Crippen LogP contribution < -0.4 is 59.7 Å². The van der Waals surface area contributed by atoms with Crippen molar-refractivity contribution in [3.8, 4) is 47.3 Å². The molecule has 94 heavy (non-hydrogen) atoms. The number of nitrogens with one attached hydrogen (secondary N) is 5. The lowest BCUT2D eigenvalue weighted by Crippen LogP contribution is -2.36. The monoisotopic (exact) mass is 1470 g/mol. The Hall–Kier alpha value is -8.66. The van der Waals surface area contributed by atoms with E-state index in [0.29, 0.717) is 34.3 Å². The van der Waals surface area contributed by atoms with Gasteiger partial charge >= 0.3 is 43.0 Å². The number of hydrogen-bond donors (Lipinski definition) is 8. The first-order valence-electron chi connectivity index (χ1n) is 25.0. The van der Waals surface area contributed by atoms with Crippen LogP contribution >= 0.6 is 30.8 Å². The summed E-state index contributed by atoms with van der Waals surface area (Å²) in [7, 11) is -14.3. The minimum absolute atomic E-state index is 0.0434. The van der Waals surface area contributed by atoms with E-state index in [-0.39, 0.29) is 40.1 Å². The minimum Gasteiger partial charge on any atom is -0.778 e. The third-order valence-electron chi connectivity index (χ3n) is 9.53. The van der Waals surface area contributed by atoms with E-state index in [1.54, 1.807) is 10.0 Å². The largest absolute Gasteiger partial charge is 0.778 e. The van der Waals surface area contributed by atoms with E-state index in [1.807, 2.05) is 26.1 Å². The first-order chi connectivity index (χ1) is 43.5. The van der Waals surface area contributed by atoms with E-state index in [9.17, 15) is 76.2 Å². The summed E-state index contributed by atoms with van der Waals surface area (Å²) < 4.78 is 165. The molecule has 0 bridgehead atoms. The smallest absolute Gasteiger partial charge is 0.442 e. The average molecular weight is 1470 g/mol. The summed E-state index contributed by atoms with van der Waals surface area (Å²) >= 11 is 12.2. The number of halogens is 6. The topological polar surface area (TPSA) is 490 Å². The van der Waals surface area contributed by atoms with Crippen LogP contribution in [0.4, 0.5) is 39.0 Å². The molecule has 0 saturated heterocycles. The second-order valence-corrected chi connectivity index (χ2v) is 28.8. The van der Waals surface area contributed by atoms with Crippen molar-refractivity contribution in [3.63, 3.8) is 0 Å². The number of sulfone groups is 1. The van der Waals surface area contributed by atoms with Gasteiger partial charge in [0.25, 0.3) is 20.0 Å². The number of carbonyl (C=O) groups is 4. The van der Waals surface area contributed by atoms with Gasteiger partial charge in [0.05, 0.1) is 85.0 Å². The number of carbonyl (C=O) groups excluding carboxylic acids is 2. The molecule has 0 aliphatic rings. The average Bonchev–Trinajstić information content (AvgIpc) is 0.981. The third kappa shape index (κ3) is 28.3. The number of amides is 4. The summed E-state index contributed by atoms with van der Waals surface area (Å²) in [6.45, 7) is -0.252. The summed E-state index contributed by atoms with van der Waals surface area (Å²) in [6, 6.07) is 8.66. The number of terminal acetylenes is 1. The number of hydrogen-bond acceptors (Lipinski definition) is 26. The predicted octanol–water partition coefficient (Wildman–Crippen LogP) is 4.18. The molecule has 1 unspecified atom stereocenters. The molecule has 0 saturated carbocycles. The maximum absolute atomic E-state index is 12.5. The number of aromatic nitrogens is 7. The van der Waals surface area contributed by atoms with Gasteiger partial charge in [0.2, 0.25) is 41.3 Å². The van der Waals surface area contributed by atoms with Crippen molar-refractivity contribution < 1.29 is 115 Å². The van der Waals surface area contributed by atoms with Crippen LogP contribution in [0.5, 0.6) is 29.3 Å². The highest BCUT2D eigenvalue weighted by molar-refractivity contribution is 7.94. The van der Waals surface area contributed by atoms with Crippen LogP contribution in [-0.4, -0.2) is 170 Å². The molecular weight excluding hydrogens is 1410 g/mol. The molecule has 0 aliphatic heterocycles. The Balaban J connectivity index is 0.000000438. The number of benzene rings is 2. The molecule has 0 aliphatic carbocycles. The standard InChI is InChI=1S/C15H14Cl2N2O3.C14H10F4N4O7S.C14H17N5O7S2.C3H8NO5P.C3H9S/c1-5-6-21-12-8-11(9(16)7-10(12)17)19-14(20)22-13(18-19)15(2,3)4;15-11(16)28-8-5-9(29-12(17)18)20-13(19-8)21-14(25)22-30(26,27)7-4-2-1-3-6(7)10(23)24;1-4-27(21,22)9-6-5-7-15-12(9)28(23,24)19-14(20)18-13-16-10(25-2)8-11(17-13)26-3;5-3(6)1-4-2-10(7,8)9;1-4(2)3/h1,7-8H,6H2,2-4H3;1-5,11-12H,(H,23,24)(H2,19,20,21,22,25);5-8H,4H2,1-3H3,(H2,16,17,18,19,20);4H,1-2H2,(H,5,6)(H2,7,8,9);1-3H3/q;;;;+1/p-1. The van der Waals surface area contributed by atoms with Crippen molar-refractivity contribution in [1.29, 1.82) is 0 Å². The number of rotatable bonds is 22. The van der Waals surface area contributed by atoms with Crippen molar-refractivity contribution in [2.24, 2.45) is 0 Å². The van der Waals surface area contributed by atoms with E-state index >= 15 is 0 Å². The van der Waals surface area contributed by atoms with Crippen LogP contribution in [0.2, 0.25) is 10.0 Å². The Kier molecular flexibility index (Phi) is 31.8. The maximum Gasteiger partial charge on any atom is 0.442 e. The van der Waals surface area contributed by atoms with Gasteiger partial charge in [-0.3, -0.25) is 20.7 Å². The fourth-order valence-electron chi connectivity index (χ4n) is 5.83. The number of nitrogens with zero attached hydrogens (tertiary/aromatic N) is 7. The normalized spacial score (nSPS) is 11.8. The van der Waals surface area contributed by atoms with Gasteiger partial charge in [0.15, 0.2) is 14.9 Å². The van der Waals surface area contributed by atoms with Crippen molar-refractivity contribution >= 4 is 107 Å². The van der Waals surface area contributed by atoms with E-state index < -0.39 is 137 Å². The fraction of sp³-hybridized carbons (Fsp3) is 0.327. The quantitative estimate of drug-likeness (QED) is 0.0204. The molecule has 45 heteroatoms. The van der Waals surface area contributed by atoms with Gasteiger partial charge in [-0.25, -0.2) is 50.4 Å². The molecule has 2 aromatic carbocycles. The lowest BCUT2D eigenvalue weighted by molar-refractivity contribution is -0.193. The molecule has 4 amide bonds. The van der Waals surface area contributed by atoms with E-state index in [1.165, 1.54) is 62.3 Å². The van der Waals surface area contributed by atoms with E-state index in [0.717, 1.165) is 29.1 Å². The Labute approximate surface area is 545 Å². The van der Waals surface area contributed by atoms with Crippen molar-refractivity contribution in [3.05, 3.63) is 98.9 Å². The first-order valence-corrected chi connectivity index (χ1v) is 34.6. The second-order valence-electron chi connectivity index (χ2n) is 18.4. The van der Waals surface area contributed by atoms with Crippen LogP contribution in [0.25, 0.3) is 5.69 Å². The number of urea groups is 2. The van der Waals surface area contributed by atoms with Crippen LogP contribution in [0.1, 0.15) is 43.9 Å². The van der Waals surface area contributed by atoms with Crippen molar-refractivity contribution in [1.82, 2.24) is 49.5 Å². The molecule has 4 aromatic heterocycles. The maximum atomic E-state index is 12.5. The molecule has 1 atom stereocenters. The van der Waals surface area contributed by atoms with Gasteiger partial charge in [-0.05, 0) is 41.2 Å². The second kappa shape index (κ2) is 36.7. The number of aliphatic carboxylic acids is 1. The zero-order chi connectivity index (χ0) is 71.7. The summed E-state index contributed by atoms with van der Waals surface area (Å²) in [4.78, 5) is 91.5. The molecule has 0 radical (unpaired) electrons. The predicted molar refractivity (Wildman–Crippen MR) is 325 cm³/mol. The lowest BCUT2D eigenvalue weighted by atomic mass is 9.97. The van der Waals surface area contributed by atoms with Gasteiger partial charge < -0.3 is 52.7 Å². The molecule has 34 nitrogen and oxygen atoms in total. The number of sulfonamides is 2. The van der Waals surface area contributed by atoms with Crippen LogP contribution in [0.15, 0.2) is 90.9 Å². The fourth-order valence-corrected chi connectivity index (χ4v) is 10.4. The number of carboxylic acids is 2. The molecular formula is C49H57Cl2F4N12O22PS4. The Morgan fingerprint density at radius 3 is 1.73 bits per heavy atom. The Morgan fingerprint density at radius 2 is 1.29 bits per heavy atom. The first kappa shape index (κ1) is 81.4. The molecule has 6 rings (SSSR count). The number of methoxy groups -OCH3 is 2. The van der Waals surface area contributed by atoms with E-state index in [4.69, 9.17) is 63.4 Å². The molecule has 516 valence electrons. The molecule has 0 fully saturated rings. The highest BCUT2D eigenvalue weighted by atomic mass is 35.5. The summed E-state index contributed by atoms with van der Waals surface area (Å²) in [5.41, 5.74) is -0.747. The Bertz CT molecular complexity index is 4070. The van der Waals surface area contributed by atoms with Gasteiger partial charge in [-0.2, -0.15) is 50.6 Å². The number of alkyl halides is 4. The SMILES string of the molecule is C#CCOc1cc(-n2nc(C(C)(C)C)oc2=O)c(Cl)cc1Cl.CCS(=O)(=O)c1cccnc1S(=O)(=O)NC(=O)Nc1nc(OC)cc(OC)n1.C[S+](C)C.O=C(Nc1nc(OC(F)F)cc(OC(F)F)n1)NS(=O)(=O)c1ccccc1C(=O)O.O=C(O)CNCP(=O)([O-])O. The number of aromatic carboxylic acids is 1. The van der Waals surface area contributed by atoms with Crippen LogP contribution in [0, 0.1) is 12.3 Å². The number of anilines is 2. The lowest BCUT2D eigenvalue weighted by Gasteiger charge is -2.14. The molecule has 0 spiro atoms. The summed E-state index contributed by atoms with van der Waals surface area (Å²) in [5.74, 6) is -3.84. The van der Waals surface area contributed by atoms with Crippen molar-refractivity contribution in [2.45, 2.75) is 61.1 Å². The molecule has 4 heterocycles. The van der Waals surface area contributed by atoms with Gasteiger partial charge in [0, 0.05) is 17.7 Å². The highest BCUT2D eigenvalue weighted by Gasteiger charge is 2.30. The highest BCUT2D eigenvalue weighted by Crippen LogP contribution is 2.33. The van der Waals surface area contributed by atoms with Crippen molar-refractivity contribution in [2.75, 3.05) is 68.8 Å². The Morgan fingerprint density at radius 1 is 0.798 bits per heavy atom. The summed E-state index contributed by atoms with van der Waals surface area (Å²) in [6.07, 6.45) is 12.1. The van der Waals surface area contributed by atoms with Gasteiger partial charge in [-0.1, -0.05) is 68.9 Å².